The highest BCUT2D eigenvalue weighted by Gasteiger charge is 2.18. The molecule has 1 aromatic carbocycles. The predicted octanol–water partition coefficient (Wildman–Crippen LogP) is 3.35. The van der Waals surface area contributed by atoms with Crippen LogP contribution in [0.15, 0.2) is 42.9 Å². The van der Waals surface area contributed by atoms with Crippen LogP contribution in [0.5, 0.6) is 11.8 Å². The minimum atomic E-state index is -0.330. The van der Waals surface area contributed by atoms with Crippen LogP contribution in [0.1, 0.15) is 6.42 Å². The molecular weight excluding hydrogens is 364 g/mol. The molecule has 27 heavy (non-hydrogen) atoms. The summed E-state index contributed by atoms with van der Waals surface area (Å²) in [5, 5.41) is 6.12. The van der Waals surface area contributed by atoms with Crippen LogP contribution in [-0.4, -0.2) is 41.1 Å². The number of aromatic nitrogens is 3. The Morgan fingerprint density at radius 2 is 1.85 bits per heavy atom. The molecule has 2 N–H and O–H groups in total. The molecule has 3 aromatic rings. The first-order chi connectivity index (χ1) is 13.2. The van der Waals surface area contributed by atoms with Gasteiger partial charge in [-0.3, -0.25) is 0 Å². The van der Waals surface area contributed by atoms with Gasteiger partial charge in [0, 0.05) is 26.3 Å². The third-order valence-electron chi connectivity index (χ3n) is 4.08. The fourth-order valence-corrected chi connectivity index (χ4v) is 3.44. The van der Waals surface area contributed by atoms with E-state index in [-0.39, 0.29) is 12.0 Å². The molecule has 9 heteroatoms. The van der Waals surface area contributed by atoms with Crippen LogP contribution in [-0.2, 0) is 0 Å². The van der Waals surface area contributed by atoms with E-state index in [1.807, 2.05) is 30.5 Å². The Hall–Kier alpha value is -3.20. The number of nitrogens with zero attached hydrogens (tertiary/aromatic N) is 4. The second-order valence-corrected chi connectivity index (χ2v) is 6.94. The summed E-state index contributed by atoms with van der Waals surface area (Å²) in [4.78, 5) is 27.3. The summed E-state index contributed by atoms with van der Waals surface area (Å²) in [6, 6.07) is 7.61. The molecular formula is C18H18N6O2S. The molecule has 1 aliphatic rings. The number of ether oxygens (including phenoxy) is 1. The Balaban J connectivity index is 1.40. The summed E-state index contributed by atoms with van der Waals surface area (Å²) in [7, 11) is 1.54. The lowest BCUT2D eigenvalue weighted by Gasteiger charge is -2.30. The SMILES string of the molecule is CNC(=O)Nc1cnc(Oc2ccc(-c3cnc(N4CCC4)s3)cc2)nc1. The zero-order valence-electron chi connectivity index (χ0n) is 14.7. The van der Waals surface area contributed by atoms with Gasteiger partial charge in [-0.2, -0.15) is 0 Å². The summed E-state index contributed by atoms with van der Waals surface area (Å²) in [5.41, 5.74) is 1.58. The van der Waals surface area contributed by atoms with Gasteiger partial charge in [0.2, 0.25) is 0 Å². The Labute approximate surface area is 160 Å². The van der Waals surface area contributed by atoms with E-state index in [4.69, 9.17) is 4.74 Å². The van der Waals surface area contributed by atoms with Crippen molar-refractivity contribution in [2.75, 3.05) is 30.4 Å². The van der Waals surface area contributed by atoms with E-state index in [1.54, 1.807) is 11.3 Å². The van der Waals surface area contributed by atoms with E-state index in [1.165, 1.54) is 25.9 Å². The van der Waals surface area contributed by atoms with Crippen molar-refractivity contribution in [1.29, 1.82) is 0 Å². The van der Waals surface area contributed by atoms with Gasteiger partial charge >= 0.3 is 12.0 Å². The van der Waals surface area contributed by atoms with Crippen molar-refractivity contribution in [2.45, 2.75) is 6.42 Å². The van der Waals surface area contributed by atoms with Crippen LogP contribution < -0.4 is 20.3 Å². The number of anilines is 2. The highest BCUT2D eigenvalue weighted by molar-refractivity contribution is 7.18. The molecule has 8 nitrogen and oxygen atoms in total. The van der Waals surface area contributed by atoms with Crippen molar-refractivity contribution in [1.82, 2.24) is 20.3 Å². The number of hydrogen-bond donors (Lipinski definition) is 2. The van der Waals surface area contributed by atoms with Crippen LogP contribution in [0.3, 0.4) is 0 Å². The van der Waals surface area contributed by atoms with E-state index in [0.717, 1.165) is 28.7 Å². The third-order valence-corrected chi connectivity index (χ3v) is 5.19. The van der Waals surface area contributed by atoms with Crippen LogP contribution in [0.2, 0.25) is 0 Å². The quantitative estimate of drug-likeness (QED) is 0.703. The largest absolute Gasteiger partial charge is 0.424 e. The van der Waals surface area contributed by atoms with Crippen LogP contribution in [0, 0.1) is 0 Å². The lowest BCUT2D eigenvalue weighted by Crippen LogP contribution is -2.36. The monoisotopic (exact) mass is 382 g/mol. The smallest absolute Gasteiger partial charge is 0.322 e. The molecule has 0 atom stereocenters. The summed E-state index contributed by atoms with van der Waals surface area (Å²) in [5.74, 6) is 0.637. The lowest BCUT2D eigenvalue weighted by atomic mass is 10.2. The number of nitrogens with one attached hydrogen (secondary N) is 2. The molecule has 3 heterocycles. The molecule has 0 spiro atoms. The number of carbonyl (C=O) groups excluding carboxylic acids is 1. The number of benzene rings is 1. The second kappa shape index (κ2) is 7.58. The Morgan fingerprint density at radius 1 is 1.11 bits per heavy atom. The standard InChI is InChI=1S/C18H18N6O2S/c1-19-16(25)23-13-9-20-17(21-10-13)26-14-5-3-12(4-6-14)15-11-22-18(27-15)24-7-2-8-24/h3-6,9-11H,2,7-8H2,1H3,(H2,19,23,25). The molecule has 0 saturated carbocycles. The Kier molecular flexibility index (Phi) is 4.84. The molecule has 2 aromatic heterocycles. The van der Waals surface area contributed by atoms with Crippen molar-refractivity contribution in [3.05, 3.63) is 42.9 Å². The van der Waals surface area contributed by atoms with Crippen molar-refractivity contribution in [3.8, 4) is 22.2 Å². The molecule has 4 rings (SSSR count). The van der Waals surface area contributed by atoms with Gasteiger partial charge < -0.3 is 20.3 Å². The average molecular weight is 382 g/mol. The maximum atomic E-state index is 11.2. The number of urea groups is 1. The summed E-state index contributed by atoms with van der Waals surface area (Å²) >= 11 is 1.70. The molecule has 0 aliphatic carbocycles. The zero-order chi connectivity index (χ0) is 18.6. The first kappa shape index (κ1) is 17.2. The van der Waals surface area contributed by atoms with Gasteiger partial charge in [-0.25, -0.2) is 19.7 Å². The van der Waals surface area contributed by atoms with Gasteiger partial charge in [-0.15, -0.1) is 0 Å². The highest BCUT2D eigenvalue weighted by atomic mass is 32.1. The average Bonchev–Trinajstić information content (AvgIpc) is 3.12. The maximum absolute atomic E-state index is 11.2. The molecule has 138 valence electrons. The van der Waals surface area contributed by atoms with E-state index in [9.17, 15) is 4.79 Å². The van der Waals surface area contributed by atoms with E-state index < -0.39 is 0 Å². The molecule has 1 aliphatic heterocycles. The molecule has 1 saturated heterocycles. The first-order valence-corrected chi connectivity index (χ1v) is 9.33. The van der Waals surface area contributed by atoms with Gasteiger partial charge in [0.25, 0.3) is 0 Å². The van der Waals surface area contributed by atoms with Gasteiger partial charge in [0.1, 0.15) is 5.75 Å². The molecule has 1 fully saturated rings. The summed E-state index contributed by atoms with van der Waals surface area (Å²) in [6.45, 7) is 2.19. The van der Waals surface area contributed by atoms with E-state index in [0.29, 0.717) is 11.4 Å². The van der Waals surface area contributed by atoms with Crippen molar-refractivity contribution >= 4 is 28.2 Å². The van der Waals surface area contributed by atoms with Crippen molar-refractivity contribution < 1.29 is 9.53 Å². The second-order valence-electron chi connectivity index (χ2n) is 5.93. The summed E-state index contributed by atoms with van der Waals surface area (Å²) in [6.07, 6.45) is 6.13. The summed E-state index contributed by atoms with van der Waals surface area (Å²) < 4.78 is 5.65. The van der Waals surface area contributed by atoms with Crippen LogP contribution >= 0.6 is 11.3 Å². The number of amides is 2. The fourth-order valence-electron chi connectivity index (χ4n) is 2.47. The number of carbonyl (C=O) groups is 1. The van der Waals surface area contributed by atoms with Gasteiger partial charge in [-0.1, -0.05) is 11.3 Å². The number of rotatable bonds is 5. The van der Waals surface area contributed by atoms with Crippen molar-refractivity contribution in [2.24, 2.45) is 0 Å². The molecule has 0 radical (unpaired) electrons. The molecule has 0 bridgehead atoms. The Bertz CT molecular complexity index is 922. The minimum absolute atomic E-state index is 0.211. The zero-order valence-corrected chi connectivity index (χ0v) is 15.5. The van der Waals surface area contributed by atoms with Gasteiger partial charge in [0.05, 0.1) is 23.0 Å². The van der Waals surface area contributed by atoms with Crippen LogP contribution in [0.4, 0.5) is 15.6 Å². The normalized spacial score (nSPS) is 13.0. The first-order valence-electron chi connectivity index (χ1n) is 8.51. The third kappa shape index (κ3) is 3.98. The van der Waals surface area contributed by atoms with Gasteiger partial charge in [0.15, 0.2) is 5.13 Å². The van der Waals surface area contributed by atoms with Gasteiger partial charge in [-0.05, 0) is 36.2 Å². The minimum Gasteiger partial charge on any atom is -0.424 e. The van der Waals surface area contributed by atoms with E-state index in [2.05, 4.69) is 30.5 Å². The van der Waals surface area contributed by atoms with Crippen LogP contribution in [0.25, 0.3) is 10.4 Å². The van der Waals surface area contributed by atoms with Crippen molar-refractivity contribution in [3.63, 3.8) is 0 Å². The highest BCUT2D eigenvalue weighted by Crippen LogP contribution is 2.34. The van der Waals surface area contributed by atoms with E-state index >= 15 is 0 Å². The lowest BCUT2D eigenvalue weighted by molar-refractivity contribution is 0.254. The Morgan fingerprint density at radius 3 is 2.48 bits per heavy atom. The number of thiazole rings is 1. The predicted molar refractivity (Wildman–Crippen MR) is 105 cm³/mol. The topological polar surface area (TPSA) is 92.3 Å². The fraction of sp³-hybridized carbons (Fsp3) is 0.222. The maximum Gasteiger partial charge on any atom is 0.322 e. The molecule has 2 amide bonds. The number of hydrogen-bond acceptors (Lipinski definition) is 7. The molecule has 0 unspecified atom stereocenters.